The molecule has 7 nitrogen and oxygen atoms in total. The van der Waals surface area contributed by atoms with E-state index in [2.05, 4.69) is 5.32 Å². The van der Waals surface area contributed by atoms with Crippen LogP contribution in [-0.4, -0.2) is 48.2 Å². The van der Waals surface area contributed by atoms with Crippen molar-refractivity contribution in [3.8, 4) is 0 Å². The highest BCUT2D eigenvalue weighted by Crippen LogP contribution is 2.44. The summed E-state index contributed by atoms with van der Waals surface area (Å²) in [6.07, 6.45) is -3.51. The highest BCUT2D eigenvalue weighted by atomic mass is 35.5. The molecule has 9 heteroatoms. The smallest absolute Gasteiger partial charge is 0.256 e. The molecule has 3 saturated heterocycles. The maximum atomic E-state index is 13.3. The summed E-state index contributed by atoms with van der Waals surface area (Å²) in [6.45, 7) is 7.05. The summed E-state index contributed by atoms with van der Waals surface area (Å²) >= 11 is 5.78. The Morgan fingerprint density at radius 3 is 2.37 bits per heavy atom. The van der Waals surface area contributed by atoms with Crippen molar-refractivity contribution in [2.24, 2.45) is 0 Å². The predicted molar refractivity (Wildman–Crippen MR) is 92.6 cm³/mol. The SMILES string of the molecule is CC1(C)O[C@H]2[C@@H](O1)[C@H](C(=O)Nc1ccc(F)c(Cl)c1)O[C@@H]1OC(C)(C)O[C@@H]12. The van der Waals surface area contributed by atoms with E-state index in [-0.39, 0.29) is 5.02 Å². The van der Waals surface area contributed by atoms with Gasteiger partial charge in [0.2, 0.25) is 0 Å². The number of hydrogen-bond donors (Lipinski definition) is 1. The van der Waals surface area contributed by atoms with E-state index in [0.717, 1.165) is 0 Å². The number of rotatable bonds is 2. The molecular weight excluding hydrogens is 381 g/mol. The van der Waals surface area contributed by atoms with Crippen LogP contribution in [0, 0.1) is 5.82 Å². The van der Waals surface area contributed by atoms with Crippen molar-refractivity contribution in [2.45, 2.75) is 70.0 Å². The second kappa shape index (κ2) is 6.37. The van der Waals surface area contributed by atoms with Crippen LogP contribution in [0.1, 0.15) is 27.7 Å². The Kier molecular flexibility index (Phi) is 4.49. The lowest BCUT2D eigenvalue weighted by atomic mass is 9.98. The molecule has 0 saturated carbocycles. The fourth-order valence-electron chi connectivity index (χ4n) is 3.61. The first-order chi connectivity index (χ1) is 12.5. The molecule has 3 heterocycles. The Labute approximate surface area is 161 Å². The van der Waals surface area contributed by atoms with Gasteiger partial charge in [0.25, 0.3) is 5.91 Å². The lowest BCUT2D eigenvalue weighted by molar-refractivity contribution is -0.229. The number of anilines is 1. The first-order valence-electron chi connectivity index (χ1n) is 8.67. The standard InChI is InChI=1S/C18H21ClFNO6/c1-17(2)24-11-12(25-17)14-16(27-18(3,4)26-14)23-13(11)15(22)21-8-5-6-10(20)9(19)7-8/h5-7,11-14,16H,1-4H3,(H,21,22)/t11-,12+,13-,14-,16-/m1/s1. The van der Waals surface area contributed by atoms with E-state index in [1.807, 2.05) is 0 Å². The zero-order valence-electron chi connectivity index (χ0n) is 15.3. The number of benzene rings is 1. The number of fused-ring (bicyclic) bond motifs is 3. The van der Waals surface area contributed by atoms with Gasteiger partial charge in [-0.3, -0.25) is 4.79 Å². The van der Waals surface area contributed by atoms with Crippen molar-refractivity contribution in [3.05, 3.63) is 29.0 Å². The molecule has 5 atom stereocenters. The zero-order valence-corrected chi connectivity index (χ0v) is 16.1. The maximum absolute atomic E-state index is 13.3. The van der Waals surface area contributed by atoms with Gasteiger partial charge in [0, 0.05) is 5.69 Å². The van der Waals surface area contributed by atoms with E-state index in [1.165, 1.54) is 18.2 Å². The third-order valence-electron chi connectivity index (χ3n) is 4.60. The summed E-state index contributed by atoms with van der Waals surface area (Å²) in [7, 11) is 0. The van der Waals surface area contributed by atoms with Crippen molar-refractivity contribution in [3.63, 3.8) is 0 Å². The van der Waals surface area contributed by atoms with Crippen LogP contribution in [-0.2, 0) is 28.5 Å². The van der Waals surface area contributed by atoms with Crippen LogP contribution < -0.4 is 5.32 Å². The first-order valence-corrected chi connectivity index (χ1v) is 9.05. The molecule has 3 fully saturated rings. The Morgan fingerprint density at radius 1 is 1.04 bits per heavy atom. The van der Waals surface area contributed by atoms with Crippen molar-refractivity contribution in [1.82, 2.24) is 0 Å². The summed E-state index contributed by atoms with van der Waals surface area (Å²) in [4.78, 5) is 12.9. The van der Waals surface area contributed by atoms with Crippen molar-refractivity contribution in [2.75, 3.05) is 5.32 Å². The summed E-state index contributed by atoms with van der Waals surface area (Å²) < 4.78 is 42.7. The van der Waals surface area contributed by atoms with Crippen LogP contribution in [0.25, 0.3) is 0 Å². The van der Waals surface area contributed by atoms with Crippen molar-refractivity contribution in [1.29, 1.82) is 0 Å². The van der Waals surface area contributed by atoms with E-state index in [1.54, 1.807) is 27.7 Å². The lowest BCUT2D eigenvalue weighted by Crippen LogP contribution is -2.58. The largest absolute Gasteiger partial charge is 0.342 e. The second-order valence-corrected chi connectivity index (χ2v) is 8.12. The molecule has 0 spiro atoms. The van der Waals surface area contributed by atoms with E-state index in [9.17, 15) is 9.18 Å². The van der Waals surface area contributed by atoms with Gasteiger partial charge < -0.3 is 29.0 Å². The highest BCUT2D eigenvalue weighted by Gasteiger charge is 2.62. The van der Waals surface area contributed by atoms with E-state index < -0.39 is 54.0 Å². The van der Waals surface area contributed by atoms with Crippen molar-refractivity contribution >= 4 is 23.2 Å². The minimum absolute atomic E-state index is 0.0915. The number of carbonyl (C=O) groups excluding carboxylic acids is 1. The van der Waals surface area contributed by atoms with Gasteiger partial charge in [-0.05, 0) is 45.9 Å². The maximum Gasteiger partial charge on any atom is 0.256 e. The second-order valence-electron chi connectivity index (χ2n) is 7.71. The highest BCUT2D eigenvalue weighted by molar-refractivity contribution is 6.31. The molecule has 0 aliphatic carbocycles. The van der Waals surface area contributed by atoms with Crippen LogP contribution in [0.5, 0.6) is 0 Å². The van der Waals surface area contributed by atoms with Crippen LogP contribution in [0.3, 0.4) is 0 Å². The fraction of sp³-hybridized carbons (Fsp3) is 0.611. The van der Waals surface area contributed by atoms with Crippen molar-refractivity contribution < 1.29 is 32.9 Å². The average Bonchev–Trinajstić information content (AvgIpc) is 3.04. The van der Waals surface area contributed by atoms with Gasteiger partial charge in [-0.1, -0.05) is 11.6 Å². The molecule has 3 aliphatic rings. The molecular formula is C18H21ClFNO6. The Morgan fingerprint density at radius 2 is 1.67 bits per heavy atom. The minimum atomic E-state index is -1.00. The Hall–Kier alpha value is -1.29. The average molecular weight is 402 g/mol. The number of amides is 1. The van der Waals surface area contributed by atoms with Crippen LogP contribution in [0.2, 0.25) is 5.02 Å². The van der Waals surface area contributed by atoms with Gasteiger partial charge in [0.05, 0.1) is 5.02 Å². The first kappa shape index (κ1) is 19.0. The summed E-state index contributed by atoms with van der Waals surface area (Å²) in [5.41, 5.74) is 0.343. The molecule has 0 aromatic heterocycles. The van der Waals surface area contributed by atoms with Gasteiger partial charge in [0.1, 0.15) is 24.1 Å². The molecule has 1 aromatic carbocycles. The topological polar surface area (TPSA) is 75.3 Å². The lowest BCUT2D eigenvalue weighted by Gasteiger charge is -2.36. The molecule has 4 rings (SSSR count). The zero-order chi connectivity index (χ0) is 19.6. The van der Waals surface area contributed by atoms with E-state index in [0.29, 0.717) is 5.69 Å². The molecule has 1 N–H and O–H groups in total. The van der Waals surface area contributed by atoms with Gasteiger partial charge >= 0.3 is 0 Å². The Balaban J connectivity index is 1.57. The molecule has 0 bridgehead atoms. The third kappa shape index (κ3) is 3.57. The van der Waals surface area contributed by atoms with Crippen LogP contribution >= 0.6 is 11.6 Å². The molecule has 148 valence electrons. The summed E-state index contributed by atoms with van der Waals surface area (Å²) in [5.74, 6) is -2.81. The van der Waals surface area contributed by atoms with Crippen LogP contribution in [0.4, 0.5) is 10.1 Å². The predicted octanol–water partition coefficient (Wildman–Crippen LogP) is 2.81. The van der Waals surface area contributed by atoms with E-state index >= 15 is 0 Å². The summed E-state index contributed by atoms with van der Waals surface area (Å²) in [6, 6.07) is 3.91. The number of hydrogen-bond acceptors (Lipinski definition) is 6. The number of carbonyl (C=O) groups is 1. The molecule has 0 radical (unpaired) electrons. The molecule has 27 heavy (non-hydrogen) atoms. The van der Waals surface area contributed by atoms with Gasteiger partial charge in [0.15, 0.2) is 24.0 Å². The van der Waals surface area contributed by atoms with Gasteiger partial charge in [-0.2, -0.15) is 0 Å². The molecule has 3 aliphatic heterocycles. The van der Waals surface area contributed by atoms with Gasteiger partial charge in [-0.15, -0.1) is 0 Å². The molecule has 1 amide bonds. The molecule has 1 aromatic rings. The number of halogens is 2. The quantitative estimate of drug-likeness (QED) is 0.821. The number of nitrogens with one attached hydrogen (secondary N) is 1. The summed E-state index contributed by atoms with van der Waals surface area (Å²) in [5, 5.41) is 2.58. The monoisotopic (exact) mass is 401 g/mol. The third-order valence-corrected chi connectivity index (χ3v) is 4.89. The fourth-order valence-corrected chi connectivity index (χ4v) is 3.79. The van der Waals surface area contributed by atoms with Gasteiger partial charge in [-0.25, -0.2) is 4.39 Å². The number of ether oxygens (including phenoxy) is 5. The Bertz CT molecular complexity index is 772. The minimum Gasteiger partial charge on any atom is -0.342 e. The molecule has 0 unspecified atom stereocenters. The normalized spacial score (nSPS) is 36.1. The van der Waals surface area contributed by atoms with Crippen LogP contribution in [0.15, 0.2) is 18.2 Å². The van der Waals surface area contributed by atoms with E-state index in [4.69, 9.17) is 35.3 Å².